The Bertz CT molecular complexity index is 494. The van der Waals surface area contributed by atoms with Crippen LogP contribution in [0.1, 0.15) is 63.0 Å². The molecule has 0 heterocycles. The molecule has 0 bridgehead atoms. The van der Waals surface area contributed by atoms with Crippen molar-refractivity contribution in [2.45, 2.75) is 54.4 Å². The first-order valence-corrected chi connectivity index (χ1v) is 7.43. The van der Waals surface area contributed by atoms with Gasteiger partial charge in [-0.2, -0.15) is 0 Å². The SMILES string of the molecule is CCc1ccc(C(=O)C2C(C)(C)C2(C)C)cc1CC. The van der Waals surface area contributed by atoms with Gasteiger partial charge in [0.25, 0.3) is 0 Å². The fourth-order valence-corrected chi connectivity index (χ4v) is 3.47. The molecule has 1 heteroatoms. The third-order valence-electron chi connectivity index (χ3n) is 5.54. The Morgan fingerprint density at radius 2 is 1.53 bits per heavy atom. The molecule has 1 nitrogen and oxygen atoms in total. The highest BCUT2D eigenvalue weighted by atomic mass is 16.1. The summed E-state index contributed by atoms with van der Waals surface area (Å²) < 4.78 is 0. The Morgan fingerprint density at radius 3 is 1.95 bits per heavy atom. The van der Waals surface area contributed by atoms with Gasteiger partial charge in [-0.25, -0.2) is 0 Å². The Labute approximate surface area is 117 Å². The standard InChI is InChI=1S/C18H26O/c1-7-12-9-10-14(11-13(12)8-2)15(19)16-17(3,4)18(16,5)6/h9-11,16H,7-8H2,1-6H3. The average molecular weight is 258 g/mol. The maximum atomic E-state index is 12.7. The van der Waals surface area contributed by atoms with Crippen LogP contribution < -0.4 is 0 Å². The summed E-state index contributed by atoms with van der Waals surface area (Å²) >= 11 is 0. The maximum Gasteiger partial charge on any atom is 0.167 e. The number of hydrogen-bond acceptors (Lipinski definition) is 1. The molecule has 0 aliphatic heterocycles. The first kappa shape index (κ1) is 14.3. The lowest BCUT2D eigenvalue weighted by molar-refractivity contribution is 0.0945. The monoisotopic (exact) mass is 258 g/mol. The lowest BCUT2D eigenvalue weighted by Crippen LogP contribution is -2.08. The van der Waals surface area contributed by atoms with Gasteiger partial charge in [0, 0.05) is 11.5 Å². The number of carbonyl (C=O) groups is 1. The molecule has 19 heavy (non-hydrogen) atoms. The minimum atomic E-state index is 0.125. The summed E-state index contributed by atoms with van der Waals surface area (Å²) in [5.74, 6) is 0.490. The maximum absolute atomic E-state index is 12.7. The summed E-state index contributed by atoms with van der Waals surface area (Å²) in [7, 11) is 0. The quantitative estimate of drug-likeness (QED) is 0.717. The van der Waals surface area contributed by atoms with E-state index < -0.39 is 0 Å². The van der Waals surface area contributed by atoms with Crippen LogP contribution in [0, 0.1) is 16.7 Å². The lowest BCUT2D eigenvalue weighted by Gasteiger charge is -2.09. The Hall–Kier alpha value is -1.11. The Morgan fingerprint density at radius 1 is 1.00 bits per heavy atom. The second-order valence-corrected chi connectivity index (χ2v) is 6.93. The number of hydrogen-bond donors (Lipinski definition) is 0. The molecule has 0 aromatic heterocycles. The summed E-state index contributed by atoms with van der Waals surface area (Å²) in [5.41, 5.74) is 3.84. The Kier molecular flexibility index (Phi) is 3.36. The third kappa shape index (κ3) is 2.04. The predicted molar refractivity (Wildman–Crippen MR) is 80.6 cm³/mol. The molecular formula is C18H26O. The van der Waals surface area contributed by atoms with Gasteiger partial charge in [0.1, 0.15) is 0 Å². The molecule has 1 aliphatic rings. The fourth-order valence-electron chi connectivity index (χ4n) is 3.47. The molecule has 2 rings (SSSR count). The highest BCUT2D eigenvalue weighted by Gasteiger charge is 2.67. The van der Waals surface area contributed by atoms with E-state index in [9.17, 15) is 4.79 Å². The summed E-state index contributed by atoms with van der Waals surface area (Å²) in [6, 6.07) is 6.27. The van der Waals surface area contributed by atoms with Crippen LogP contribution in [0.4, 0.5) is 0 Å². The van der Waals surface area contributed by atoms with Crippen molar-refractivity contribution in [1.82, 2.24) is 0 Å². The molecular weight excluding hydrogens is 232 g/mol. The lowest BCUT2D eigenvalue weighted by atomic mass is 9.95. The largest absolute Gasteiger partial charge is 0.294 e. The molecule has 0 amide bonds. The van der Waals surface area contributed by atoms with E-state index in [0.29, 0.717) is 5.78 Å². The van der Waals surface area contributed by atoms with Crippen molar-refractivity contribution >= 4 is 5.78 Å². The van der Waals surface area contributed by atoms with E-state index in [-0.39, 0.29) is 16.7 Å². The molecule has 0 unspecified atom stereocenters. The normalized spacial score (nSPS) is 20.3. The van der Waals surface area contributed by atoms with Gasteiger partial charge in [0.2, 0.25) is 0 Å². The van der Waals surface area contributed by atoms with Gasteiger partial charge in [-0.05, 0) is 40.9 Å². The van der Waals surface area contributed by atoms with E-state index in [1.807, 2.05) is 6.07 Å². The third-order valence-corrected chi connectivity index (χ3v) is 5.54. The predicted octanol–water partition coefficient (Wildman–Crippen LogP) is 4.68. The number of benzene rings is 1. The number of rotatable bonds is 4. The van der Waals surface area contributed by atoms with Crippen molar-refractivity contribution in [1.29, 1.82) is 0 Å². The topological polar surface area (TPSA) is 17.1 Å². The number of ketones is 1. The summed E-state index contributed by atoms with van der Waals surface area (Å²) in [5, 5.41) is 0. The molecule has 104 valence electrons. The highest BCUT2D eigenvalue weighted by Crippen LogP contribution is 2.69. The molecule has 0 saturated heterocycles. The summed E-state index contributed by atoms with van der Waals surface area (Å²) in [6.45, 7) is 13.2. The molecule has 1 aliphatic carbocycles. The van der Waals surface area contributed by atoms with Crippen molar-refractivity contribution in [3.05, 3.63) is 34.9 Å². The van der Waals surface area contributed by atoms with Crippen LogP contribution in [0.15, 0.2) is 18.2 Å². The zero-order valence-electron chi connectivity index (χ0n) is 13.1. The van der Waals surface area contributed by atoms with Gasteiger partial charge >= 0.3 is 0 Å². The smallest absolute Gasteiger partial charge is 0.167 e. The van der Waals surface area contributed by atoms with E-state index in [1.54, 1.807) is 0 Å². The van der Waals surface area contributed by atoms with Crippen molar-refractivity contribution < 1.29 is 4.79 Å². The number of aryl methyl sites for hydroxylation is 2. The van der Waals surface area contributed by atoms with Crippen molar-refractivity contribution in [2.24, 2.45) is 16.7 Å². The van der Waals surface area contributed by atoms with E-state index >= 15 is 0 Å². The number of carbonyl (C=O) groups excluding carboxylic acids is 1. The van der Waals surface area contributed by atoms with Crippen molar-refractivity contribution in [3.8, 4) is 0 Å². The van der Waals surface area contributed by atoms with Gasteiger partial charge in [0.05, 0.1) is 0 Å². The van der Waals surface area contributed by atoms with Crippen LogP contribution in [0.25, 0.3) is 0 Å². The molecule has 0 spiro atoms. The fraction of sp³-hybridized carbons (Fsp3) is 0.611. The summed E-state index contributed by atoms with van der Waals surface area (Å²) in [4.78, 5) is 12.7. The zero-order chi connectivity index (χ0) is 14.4. The molecule has 1 fully saturated rings. The van der Waals surface area contributed by atoms with Crippen molar-refractivity contribution in [3.63, 3.8) is 0 Å². The zero-order valence-corrected chi connectivity index (χ0v) is 13.1. The Balaban J connectivity index is 2.32. The molecule has 0 atom stereocenters. The molecule has 1 aromatic rings. The van der Waals surface area contributed by atoms with Gasteiger partial charge in [-0.1, -0.05) is 53.7 Å². The van der Waals surface area contributed by atoms with Crippen molar-refractivity contribution in [2.75, 3.05) is 0 Å². The van der Waals surface area contributed by atoms with E-state index in [4.69, 9.17) is 0 Å². The highest BCUT2D eigenvalue weighted by molar-refractivity contribution is 6.01. The molecule has 0 N–H and O–H groups in total. The van der Waals surface area contributed by atoms with E-state index in [2.05, 4.69) is 53.7 Å². The first-order valence-electron chi connectivity index (χ1n) is 7.43. The van der Waals surface area contributed by atoms with Crippen LogP contribution >= 0.6 is 0 Å². The van der Waals surface area contributed by atoms with Gasteiger partial charge in [0.15, 0.2) is 5.78 Å². The van der Waals surface area contributed by atoms with Crippen LogP contribution in [-0.4, -0.2) is 5.78 Å². The van der Waals surface area contributed by atoms with Gasteiger partial charge in [-0.3, -0.25) is 4.79 Å². The van der Waals surface area contributed by atoms with E-state index in [0.717, 1.165) is 18.4 Å². The van der Waals surface area contributed by atoms with Crippen LogP contribution in [0.3, 0.4) is 0 Å². The first-order chi connectivity index (χ1) is 8.77. The van der Waals surface area contributed by atoms with Gasteiger partial charge in [-0.15, -0.1) is 0 Å². The van der Waals surface area contributed by atoms with Gasteiger partial charge < -0.3 is 0 Å². The molecule has 1 saturated carbocycles. The molecule has 0 radical (unpaired) electrons. The second kappa shape index (κ2) is 4.47. The number of Topliss-reactive ketones (excluding diaryl/α,β-unsaturated/α-hetero) is 1. The minimum absolute atomic E-state index is 0.125. The van der Waals surface area contributed by atoms with Crippen LogP contribution in [0.2, 0.25) is 0 Å². The second-order valence-electron chi connectivity index (χ2n) is 6.93. The summed E-state index contributed by atoms with van der Waals surface area (Å²) in [6.07, 6.45) is 2.04. The van der Waals surface area contributed by atoms with E-state index in [1.165, 1.54) is 11.1 Å². The minimum Gasteiger partial charge on any atom is -0.294 e. The van der Waals surface area contributed by atoms with Crippen LogP contribution in [0.5, 0.6) is 0 Å². The average Bonchev–Trinajstić information content (AvgIpc) is 2.78. The van der Waals surface area contributed by atoms with Crippen LogP contribution in [-0.2, 0) is 12.8 Å². The molecule has 1 aromatic carbocycles.